The highest BCUT2D eigenvalue weighted by Gasteiger charge is 2.60. The average Bonchev–Trinajstić information content (AvgIpc) is 3.18. The van der Waals surface area contributed by atoms with E-state index in [0.717, 1.165) is 11.0 Å². The molecule has 1 unspecified atom stereocenters. The van der Waals surface area contributed by atoms with Crippen molar-refractivity contribution in [1.29, 1.82) is 0 Å². The molecule has 1 atom stereocenters. The van der Waals surface area contributed by atoms with E-state index in [9.17, 15) is 31.6 Å². The first-order chi connectivity index (χ1) is 20.0. The van der Waals surface area contributed by atoms with Crippen molar-refractivity contribution in [1.82, 2.24) is 15.2 Å². The second kappa shape index (κ2) is 10.6. The predicted molar refractivity (Wildman–Crippen MR) is 142 cm³/mol. The van der Waals surface area contributed by atoms with Gasteiger partial charge in [0.05, 0.1) is 45.2 Å². The molecule has 0 spiro atoms. The smallest absolute Gasteiger partial charge is 0.319 e. The predicted octanol–water partition coefficient (Wildman–Crippen LogP) is 2.35. The molecular formula is C27H24F2N4O8S. The number of likely N-dealkylation sites (tertiary alicyclic amines) is 1. The van der Waals surface area contributed by atoms with Gasteiger partial charge in [0.1, 0.15) is 16.4 Å². The summed E-state index contributed by atoms with van der Waals surface area (Å²) in [4.78, 5) is 44.3. The molecule has 3 amide bonds. The van der Waals surface area contributed by atoms with Crippen molar-refractivity contribution in [3.05, 3.63) is 71.4 Å². The number of hydrogen-bond donors (Lipinski definition) is 1. The number of hydrogen-bond acceptors (Lipinski definition) is 9. The van der Waals surface area contributed by atoms with Crippen molar-refractivity contribution < 1.29 is 45.8 Å². The number of nitrogens with one attached hydrogen (secondary N) is 1. The standard InChI is InChI=1S/C27H24F2N4O8S/c1-4-41-24-17(6-5-9-30-24)27(31-26(36)32-13-15(34)14-32)18-11-19(28)20(29)12-21(18)33(25(27)35)42(37,38)23-8-7-16(39-2)10-22(23)40-3/h5-12H,4,13-14H2,1-3H3,(H,31,36). The molecule has 2 aliphatic rings. The van der Waals surface area contributed by atoms with E-state index in [1.165, 1.54) is 44.7 Å². The van der Waals surface area contributed by atoms with Crippen LogP contribution in [0.25, 0.3) is 0 Å². The minimum absolute atomic E-state index is 0.0541. The molecule has 220 valence electrons. The van der Waals surface area contributed by atoms with Crippen molar-refractivity contribution in [2.24, 2.45) is 0 Å². The van der Waals surface area contributed by atoms with Gasteiger partial charge in [0, 0.05) is 23.9 Å². The minimum Gasteiger partial charge on any atom is -0.497 e. The van der Waals surface area contributed by atoms with Crippen LogP contribution in [0.5, 0.6) is 17.4 Å². The summed E-state index contributed by atoms with van der Waals surface area (Å²) >= 11 is 0. The van der Waals surface area contributed by atoms with Crippen molar-refractivity contribution in [2.45, 2.75) is 17.4 Å². The highest BCUT2D eigenvalue weighted by Crippen LogP contribution is 2.50. The number of halogens is 2. The van der Waals surface area contributed by atoms with Gasteiger partial charge in [-0.05, 0) is 37.3 Å². The number of pyridine rings is 1. The number of carbonyl (C=O) groups is 3. The highest BCUT2D eigenvalue weighted by molar-refractivity contribution is 7.93. The van der Waals surface area contributed by atoms with Crippen molar-refractivity contribution in [3.8, 4) is 17.4 Å². The lowest BCUT2D eigenvalue weighted by atomic mass is 9.84. The Morgan fingerprint density at radius 2 is 1.76 bits per heavy atom. The fourth-order valence-corrected chi connectivity index (χ4v) is 6.44. The van der Waals surface area contributed by atoms with Gasteiger partial charge in [-0.25, -0.2) is 27.0 Å². The van der Waals surface area contributed by atoms with E-state index >= 15 is 0 Å². The molecule has 1 aromatic heterocycles. The van der Waals surface area contributed by atoms with Gasteiger partial charge in [0.15, 0.2) is 23.0 Å². The van der Waals surface area contributed by atoms with Crippen LogP contribution < -0.4 is 23.8 Å². The van der Waals surface area contributed by atoms with Crippen LogP contribution >= 0.6 is 0 Å². The molecular weight excluding hydrogens is 578 g/mol. The Kier molecular flexibility index (Phi) is 7.22. The van der Waals surface area contributed by atoms with Gasteiger partial charge in [0.2, 0.25) is 5.88 Å². The summed E-state index contributed by atoms with van der Waals surface area (Å²) < 4.78 is 74.3. The lowest BCUT2D eigenvalue weighted by molar-refractivity contribution is -0.126. The van der Waals surface area contributed by atoms with Gasteiger partial charge in [-0.3, -0.25) is 9.59 Å². The molecule has 1 saturated heterocycles. The van der Waals surface area contributed by atoms with Gasteiger partial charge in [-0.2, -0.15) is 4.31 Å². The molecule has 0 saturated carbocycles. The number of nitrogens with zero attached hydrogens (tertiary/aromatic N) is 3. The molecule has 12 nitrogen and oxygen atoms in total. The summed E-state index contributed by atoms with van der Waals surface area (Å²) in [6.45, 7) is 1.15. The Morgan fingerprint density at radius 3 is 2.40 bits per heavy atom. The first-order valence-corrected chi connectivity index (χ1v) is 13.9. The molecule has 3 aromatic rings. The van der Waals surface area contributed by atoms with Crippen LogP contribution in [-0.2, 0) is 25.2 Å². The first-order valence-electron chi connectivity index (χ1n) is 12.5. The maximum atomic E-state index is 14.9. The number of amides is 3. The van der Waals surface area contributed by atoms with E-state index in [-0.39, 0.29) is 52.7 Å². The molecule has 1 fully saturated rings. The van der Waals surface area contributed by atoms with Gasteiger partial charge >= 0.3 is 6.03 Å². The molecule has 42 heavy (non-hydrogen) atoms. The van der Waals surface area contributed by atoms with E-state index in [2.05, 4.69) is 10.3 Å². The Labute approximate surface area is 238 Å². The molecule has 0 bridgehead atoms. The summed E-state index contributed by atoms with van der Waals surface area (Å²) in [7, 11) is -2.37. The number of urea groups is 1. The van der Waals surface area contributed by atoms with E-state index in [1.54, 1.807) is 6.92 Å². The molecule has 0 aliphatic carbocycles. The molecule has 5 rings (SSSR count). The largest absolute Gasteiger partial charge is 0.497 e. The van der Waals surface area contributed by atoms with Crippen molar-refractivity contribution >= 4 is 33.4 Å². The topological polar surface area (TPSA) is 144 Å². The van der Waals surface area contributed by atoms with Gasteiger partial charge in [-0.1, -0.05) is 0 Å². The van der Waals surface area contributed by atoms with Crippen LogP contribution in [0.3, 0.4) is 0 Å². The van der Waals surface area contributed by atoms with Gasteiger partial charge in [0.25, 0.3) is 15.9 Å². The van der Waals surface area contributed by atoms with Crippen LogP contribution in [0.4, 0.5) is 19.3 Å². The quantitative estimate of drug-likeness (QED) is 0.411. The zero-order valence-corrected chi connectivity index (χ0v) is 23.3. The van der Waals surface area contributed by atoms with E-state index in [0.29, 0.717) is 12.1 Å². The molecule has 2 aliphatic heterocycles. The fraction of sp³-hybridized carbons (Fsp3) is 0.259. The number of fused-ring (bicyclic) bond motifs is 1. The average molecular weight is 603 g/mol. The number of rotatable bonds is 8. The third-order valence-electron chi connectivity index (χ3n) is 6.83. The normalized spacial score (nSPS) is 17.9. The third kappa shape index (κ3) is 4.36. The lowest BCUT2D eigenvalue weighted by Crippen LogP contribution is -2.61. The van der Waals surface area contributed by atoms with E-state index < -0.39 is 55.3 Å². The second-order valence-electron chi connectivity index (χ2n) is 9.24. The Bertz CT molecular complexity index is 1730. The van der Waals surface area contributed by atoms with Gasteiger partial charge in [-0.15, -0.1) is 0 Å². The SMILES string of the molecule is CCOc1ncccc1C1(NC(=O)N2CC(=O)C2)C(=O)N(S(=O)(=O)c2ccc(OC)cc2OC)c2cc(F)c(F)cc21. The maximum absolute atomic E-state index is 14.9. The summed E-state index contributed by atoms with van der Waals surface area (Å²) in [5, 5.41) is 2.50. The van der Waals surface area contributed by atoms with Crippen LogP contribution in [0.1, 0.15) is 18.1 Å². The van der Waals surface area contributed by atoms with E-state index in [4.69, 9.17) is 14.2 Å². The second-order valence-corrected chi connectivity index (χ2v) is 11.0. The number of aromatic nitrogens is 1. The lowest BCUT2D eigenvalue weighted by Gasteiger charge is -2.36. The maximum Gasteiger partial charge on any atom is 0.319 e. The fourth-order valence-electron chi connectivity index (χ4n) is 4.85. The summed E-state index contributed by atoms with van der Waals surface area (Å²) in [5.74, 6) is -4.56. The van der Waals surface area contributed by atoms with Crippen molar-refractivity contribution in [3.63, 3.8) is 0 Å². The number of carbonyl (C=O) groups excluding carboxylic acids is 3. The monoisotopic (exact) mass is 602 g/mol. The minimum atomic E-state index is -4.93. The van der Waals surface area contributed by atoms with Crippen LogP contribution in [0, 0.1) is 11.6 Å². The Hall–Kier alpha value is -4.79. The van der Waals surface area contributed by atoms with E-state index in [1.807, 2.05) is 0 Å². The summed E-state index contributed by atoms with van der Waals surface area (Å²) in [5.41, 5.74) is -3.60. The molecule has 0 radical (unpaired) electrons. The number of sulfonamides is 1. The van der Waals surface area contributed by atoms with Crippen LogP contribution in [-0.4, -0.2) is 69.9 Å². The third-order valence-corrected chi connectivity index (χ3v) is 8.56. The summed E-state index contributed by atoms with van der Waals surface area (Å²) in [6.07, 6.45) is 1.33. The Balaban J connectivity index is 1.80. The highest BCUT2D eigenvalue weighted by atomic mass is 32.2. The molecule has 1 N–H and O–H groups in total. The first kappa shape index (κ1) is 28.7. The van der Waals surface area contributed by atoms with Crippen molar-refractivity contribution in [2.75, 3.05) is 38.2 Å². The van der Waals surface area contributed by atoms with Crippen LogP contribution in [0.15, 0.2) is 53.6 Å². The number of methoxy groups -OCH3 is 2. The molecule has 3 heterocycles. The van der Waals surface area contributed by atoms with Crippen LogP contribution in [0.2, 0.25) is 0 Å². The number of benzene rings is 2. The van der Waals surface area contributed by atoms with Gasteiger partial charge < -0.3 is 24.4 Å². The zero-order chi connectivity index (χ0) is 30.4. The Morgan fingerprint density at radius 1 is 1.05 bits per heavy atom. The number of anilines is 1. The zero-order valence-electron chi connectivity index (χ0n) is 22.5. The number of ether oxygens (including phenoxy) is 3. The molecule has 15 heteroatoms. The number of ketones is 1. The molecule has 2 aromatic carbocycles. The summed E-state index contributed by atoms with van der Waals surface area (Å²) in [6, 6.07) is 6.69. The number of Topliss-reactive ketones (excluding diaryl/α,β-unsaturated/α-hetero) is 1.